The Bertz CT molecular complexity index is 851. The largest absolute Gasteiger partial charge is 0.482 e. The fourth-order valence-corrected chi connectivity index (χ4v) is 2.86. The number of thiol groups is 1. The molecule has 0 unspecified atom stereocenters. The molecule has 30 heavy (non-hydrogen) atoms. The van der Waals surface area contributed by atoms with Gasteiger partial charge in [0.1, 0.15) is 11.6 Å². The number of amides is 5. The van der Waals surface area contributed by atoms with Crippen molar-refractivity contribution in [2.75, 3.05) is 39.3 Å². The Kier molecular flexibility index (Phi) is 7.73. The summed E-state index contributed by atoms with van der Waals surface area (Å²) in [5.74, 6) is -2.11. The summed E-state index contributed by atoms with van der Waals surface area (Å²) in [4.78, 5) is 50.8. The molecule has 0 atom stereocenters. The van der Waals surface area contributed by atoms with Crippen LogP contribution in [0.25, 0.3) is 0 Å². The van der Waals surface area contributed by atoms with Gasteiger partial charge in [-0.25, -0.2) is 18.9 Å². The molecule has 0 aliphatic carbocycles. The summed E-state index contributed by atoms with van der Waals surface area (Å²) in [6.07, 6.45) is -0.0178. The topological polar surface area (TPSA) is 108 Å². The monoisotopic (exact) mass is 462 g/mol. The summed E-state index contributed by atoms with van der Waals surface area (Å²) in [6, 6.07) is 0.321. The first-order valence-electron chi connectivity index (χ1n) is 8.55. The number of nitrogens with zero attached hydrogens (tertiary/aromatic N) is 3. The number of carbonyl (C=O) groups is 4. The first kappa shape index (κ1) is 23.5. The smallest absolute Gasteiger partial charge is 0.334 e. The van der Waals surface area contributed by atoms with Gasteiger partial charge in [0.2, 0.25) is 0 Å². The Morgan fingerprint density at radius 3 is 2.40 bits per heavy atom. The van der Waals surface area contributed by atoms with E-state index in [0.29, 0.717) is 4.90 Å². The van der Waals surface area contributed by atoms with Crippen molar-refractivity contribution in [1.29, 1.82) is 0 Å². The van der Waals surface area contributed by atoms with Crippen molar-refractivity contribution in [3.05, 3.63) is 23.0 Å². The fourth-order valence-electron chi connectivity index (χ4n) is 2.46. The van der Waals surface area contributed by atoms with Crippen LogP contribution < -0.4 is 15.0 Å². The van der Waals surface area contributed by atoms with Crippen LogP contribution in [-0.2, 0) is 14.3 Å². The fraction of sp³-hybridized carbons (Fsp3) is 0.412. The molecule has 2 rings (SSSR count). The minimum Gasteiger partial charge on any atom is -0.482 e. The molecule has 1 aliphatic heterocycles. The quantitative estimate of drug-likeness (QED) is 0.471. The number of imide groups is 1. The molecular formula is C17H20ClFN4O6S. The van der Waals surface area contributed by atoms with E-state index in [2.05, 4.69) is 22.7 Å². The van der Waals surface area contributed by atoms with Crippen LogP contribution in [0.4, 0.5) is 19.7 Å². The minimum atomic E-state index is -0.934. The molecule has 0 spiro atoms. The molecule has 1 aromatic carbocycles. The summed E-state index contributed by atoms with van der Waals surface area (Å²) in [7, 11) is 4.03. The van der Waals surface area contributed by atoms with Gasteiger partial charge in [0, 0.05) is 26.7 Å². The number of hydrogen-bond acceptors (Lipinski definition) is 7. The van der Waals surface area contributed by atoms with Crippen LogP contribution in [0.2, 0.25) is 5.02 Å². The molecule has 164 valence electrons. The van der Waals surface area contributed by atoms with E-state index < -0.39 is 47.5 Å². The predicted molar refractivity (Wildman–Crippen MR) is 108 cm³/mol. The molecule has 1 aliphatic rings. The number of rotatable bonds is 7. The van der Waals surface area contributed by atoms with E-state index >= 15 is 0 Å². The lowest BCUT2D eigenvalue weighted by Gasteiger charge is -2.41. The SMILES string of the molecule is COC(=O)CCNC(=O)COc1cc(N2C(=O)N(C)C(S)N(C)C2=O)c(F)cc1Cl. The van der Waals surface area contributed by atoms with Crippen molar-refractivity contribution in [2.45, 2.75) is 11.9 Å². The molecule has 1 N–H and O–H groups in total. The zero-order valence-electron chi connectivity index (χ0n) is 16.3. The molecule has 1 fully saturated rings. The van der Waals surface area contributed by atoms with E-state index in [4.69, 9.17) is 16.3 Å². The van der Waals surface area contributed by atoms with Crippen molar-refractivity contribution < 1.29 is 33.0 Å². The van der Waals surface area contributed by atoms with E-state index in [9.17, 15) is 23.6 Å². The summed E-state index contributed by atoms with van der Waals surface area (Å²) in [5, 5.41) is 2.27. The standard InChI is InChI=1S/C17H20ClFN4O6S/c1-21-15(26)23(16(27)22(2)17(21)30)11-7-12(9(18)6-10(11)19)29-8-13(24)20-5-4-14(25)28-3/h6-7,17,30H,4-5,8H2,1-3H3,(H,20,24). The molecule has 0 bridgehead atoms. The molecule has 13 heteroatoms. The number of methoxy groups -OCH3 is 1. The summed E-state index contributed by atoms with van der Waals surface area (Å²) in [6.45, 7) is -0.454. The maximum Gasteiger partial charge on any atom is 0.334 e. The number of hydrogen-bond donors (Lipinski definition) is 2. The number of urea groups is 2. The van der Waals surface area contributed by atoms with Gasteiger partial charge >= 0.3 is 18.0 Å². The molecule has 1 saturated heterocycles. The summed E-state index contributed by atoms with van der Waals surface area (Å²) < 4.78 is 24.3. The lowest BCUT2D eigenvalue weighted by Crippen LogP contribution is -2.62. The van der Waals surface area contributed by atoms with Gasteiger partial charge in [-0.1, -0.05) is 11.6 Å². The third-order valence-electron chi connectivity index (χ3n) is 4.16. The predicted octanol–water partition coefficient (Wildman–Crippen LogP) is 1.67. The highest BCUT2D eigenvalue weighted by atomic mass is 35.5. The van der Waals surface area contributed by atoms with Crippen molar-refractivity contribution >= 4 is 53.9 Å². The number of benzene rings is 1. The van der Waals surface area contributed by atoms with Crippen LogP contribution in [0.3, 0.4) is 0 Å². The number of halogens is 2. The lowest BCUT2D eigenvalue weighted by atomic mass is 10.2. The number of nitrogens with one attached hydrogen (secondary N) is 1. The van der Waals surface area contributed by atoms with Crippen molar-refractivity contribution in [1.82, 2.24) is 15.1 Å². The van der Waals surface area contributed by atoms with Crippen LogP contribution in [0.15, 0.2) is 12.1 Å². The zero-order chi connectivity index (χ0) is 22.6. The van der Waals surface area contributed by atoms with Crippen LogP contribution in [-0.4, -0.2) is 73.6 Å². The van der Waals surface area contributed by atoms with Crippen molar-refractivity contribution in [3.8, 4) is 5.75 Å². The van der Waals surface area contributed by atoms with Gasteiger partial charge in [-0.2, -0.15) is 0 Å². The Hall–Kier alpha value is -2.73. The van der Waals surface area contributed by atoms with Gasteiger partial charge < -0.3 is 14.8 Å². The van der Waals surface area contributed by atoms with E-state index in [1.807, 2.05) is 0 Å². The Morgan fingerprint density at radius 2 is 1.83 bits per heavy atom. The molecular weight excluding hydrogens is 443 g/mol. The van der Waals surface area contributed by atoms with Gasteiger partial charge in [-0.3, -0.25) is 19.4 Å². The first-order valence-corrected chi connectivity index (χ1v) is 9.45. The van der Waals surface area contributed by atoms with Crippen LogP contribution >= 0.6 is 24.2 Å². The maximum absolute atomic E-state index is 14.5. The van der Waals surface area contributed by atoms with Crippen LogP contribution in [0.5, 0.6) is 5.75 Å². The normalized spacial score (nSPS) is 14.8. The Morgan fingerprint density at radius 1 is 1.23 bits per heavy atom. The molecule has 10 nitrogen and oxygen atoms in total. The van der Waals surface area contributed by atoms with Crippen LogP contribution in [0.1, 0.15) is 6.42 Å². The average molecular weight is 463 g/mol. The van der Waals surface area contributed by atoms with Gasteiger partial charge in [0.15, 0.2) is 12.1 Å². The second-order valence-electron chi connectivity index (χ2n) is 6.17. The number of esters is 1. The highest BCUT2D eigenvalue weighted by Gasteiger charge is 2.41. The zero-order valence-corrected chi connectivity index (χ0v) is 18.0. The summed E-state index contributed by atoms with van der Waals surface area (Å²) >= 11 is 10.1. The van der Waals surface area contributed by atoms with Gasteiger partial charge in [0.05, 0.1) is 24.2 Å². The third-order valence-corrected chi connectivity index (χ3v) is 5.15. The second-order valence-corrected chi connectivity index (χ2v) is 7.04. The number of ether oxygens (including phenoxy) is 2. The van der Waals surface area contributed by atoms with Gasteiger partial charge in [-0.05, 0) is 6.07 Å². The first-order chi connectivity index (χ1) is 14.1. The summed E-state index contributed by atoms with van der Waals surface area (Å²) in [5.41, 5.74) is -1.21. The van der Waals surface area contributed by atoms with E-state index in [-0.39, 0.29) is 23.7 Å². The lowest BCUT2D eigenvalue weighted by molar-refractivity contribution is -0.140. The molecule has 1 heterocycles. The number of anilines is 1. The van der Waals surface area contributed by atoms with E-state index in [0.717, 1.165) is 21.9 Å². The van der Waals surface area contributed by atoms with Gasteiger partial charge in [-0.15, -0.1) is 12.6 Å². The van der Waals surface area contributed by atoms with Crippen molar-refractivity contribution in [3.63, 3.8) is 0 Å². The molecule has 0 radical (unpaired) electrons. The van der Waals surface area contributed by atoms with Crippen LogP contribution in [0, 0.1) is 5.82 Å². The highest BCUT2D eigenvalue weighted by molar-refractivity contribution is 7.80. The maximum atomic E-state index is 14.5. The second kappa shape index (κ2) is 9.85. The third kappa shape index (κ3) is 5.05. The van der Waals surface area contributed by atoms with E-state index in [1.54, 1.807) is 0 Å². The average Bonchev–Trinajstić information content (AvgIpc) is 2.71. The Balaban J connectivity index is 2.16. The highest BCUT2D eigenvalue weighted by Crippen LogP contribution is 2.35. The van der Waals surface area contributed by atoms with Crippen molar-refractivity contribution in [2.24, 2.45) is 0 Å². The minimum absolute atomic E-state index is 0.0178. The van der Waals surface area contributed by atoms with Gasteiger partial charge in [0.25, 0.3) is 5.91 Å². The molecule has 1 aromatic rings. The number of carbonyl (C=O) groups excluding carboxylic acids is 4. The Labute approximate surface area is 182 Å². The molecule has 5 amide bonds. The molecule has 0 aromatic heterocycles. The van der Waals surface area contributed by atoms with E-state index in [1.165, 1.54) is 21.2 Å². The molecule has 0 saturated carbocycles.